The molecule has 1 aliphatic carbocycles. The van der Waals surface area contributed by atoms with Crippen molar-refractivity contribution in [3.63, 3.8) is 0 Å². The fraction of sp³-hybridized carbons (Fsp3) is 0.588. The molecule has 0 radical (unpaired) electrons. The maximum absolute atomic E-state index is 12.2. The van der Waals surface area contributed by atoms with Gasteiger partial charge in [-0.25, -0.2) is 13.1 Å². The number of carboxylic acid groups (broad SMARTS) is 1. The lowest BCUT2D eigenvalue weighted by Crippen LogP contribution is -2.27. The van der Waals surface area contributed by atoms with Crippen LogP contribution in [0.3, 0.4) is 0 Å². The van der Waals surface area contributed by atoms with Crippen LogP contribution in [-0.2, 0) is 14.8 Å². The van der Waals surface area contributed by atoms with E-state index in [0.717, 1.165) is 37.7 Å². The highest BCUT2D eigenvalue weighted by atomic mass is 32.2. The van der Waals surface area contributed by atoms with E-state index in [1.807, 2.05) is 6.92 Å². The van der Waals surface area contributed by atoms with Crippen molar-refractivity contribution in [2.24, 2.45) is 11.8 Å². The smallest absolute Gasteiger partial charge is 0.303 e. The summed E-state index contributed by atoms with van der Waals surface area (Å²) >= 11 is 0. The van der Waals surface area contributed by atoms with Crippen molar-refractivity contribution in [3.05, 3.63) is 29.8 Å². The number of carbonyl (C=O) groups is 1. The topological polar surface area (TPSA) is 83.5 Å². The number of benzene rings is 1. The number of carboxylic acids is 1. The molecule has 0 atom stereocenters. The highest BCUT2D eigenvalue weighted by Crippen LogP contribution is 2.32. The maximum atomic E-state index is 12.2. The second-order valence-electron chi connectivity index (χ2n) is 6.48. The minimum Gasteiger partial charge on any atom is -0.481 e. The average molecular weight is 339 g/mol. The fourth-order valence-electron chi connectivity index (χ4n) is 3.17. The van der Waals surface area contributed by atoms with E-state index in [4.69, 9.17) is 5.11 Å². The summed E-state index contributed by atoms with van der Waals surface area (Å²) in [5, 5.41) is 8.81. The van der Waals surface area contributed by atoms with Crippen molar-refractivity contribution in [2.75, 3.05) is 6.54 Å². The lowest BCUT2D eigenvalue weighted by atomic mass is 9.79. The first-order chi connectivity index (χ1) is 10.9. The molecule has 1 aliphatic rings. The predicted molar refractivity (Wildman–Crippen MR) is 88.7 cm³/mol. The van der Waals surface area contributed by atoms with Gasteiger partial charge in [0.05, 0.1) is 4.90 Å². The van der Waals surface area contributed by atoms with Gasteiger partial charge in [0, 0.05) is 13.0 Å². The lowest BCUT2D eigenvalue weighted by molar-refractivity contribution is -0.138. The van der Waals surface area contributed by atoms with Crippen molar-refractivity contribution in [1.82, 2.24) is 4.72 Å². The third-order valence-electron chi connectivity index (χ3n) is 4.61. The van der Waals surface area contributed by atoms with Gasteiger partial charge < -0.3 is 5.11 Å². The molecular weight excluding hydrogens is 314 g/mol. The van der Waals surface area contributed by atoms with Gasteiger partial charge in [-0.05, 0) is 50.2 Å². The van der Waals surface area contributed by atoms with Gasteiger partial charge in [0.2, 0.25) is 10.0 Å². The Hall–Kier alpha value is -1.40. The van der Waals surface area contributed by atoms with Gasteiger partial charge in [-0.3, -0.25) is 4.79 Å². The summed E-state index contributed by atoms with van der Waals surface area (Å²) in [6.07, 6.45) is 4.91. The third-order valence-corrected chi connectivity index (χ3v) is 6.08. The molecule has 1 aromatic carbocycles. The molecule has 5 nitrogen and oxygen atoms in total. The first-order valence-corrected chi connectivity index (χ1v) is 9.63. The zero-order valence-electron chi connectivity index (χ0n) is 13.5. The first-order valence-electron chi connectivity index (χ1n) is 8.15. The predicted octanol–water partition coefficient (Wildman–Crippen LogP) is 2.94. The minimum absolute atomic E-state index is 0.257. The summed E-state index contributed by atoms with van der Waals surface area (Å²) < 4.78 is 27.0. The zero-order valence-corrected chi connectivity index (χ0v) is 14.3. The molecule has 23 heavy (non-hydrogen) atoms. The Kier molecular flexibility index (Phi) is 6.18. The average Bonchev–Trinajstić information content (AvgIpc) is 2.49. The maximum Gasteiger partial charge on any atom is 0.303 e. The third kappa shape index (κ3) is 5.62. The number of aryl methyl sites for hydroxylation is 1. The van der Waals surface area contributed by atoms with Gasteiger partial charge in [0.25, 0.3) is 0 Å². The second kappa shape index (κ2) is 7.93. The van der Waals surface area contributed by atoms with E-state index in [1.165, 1.54) is 0 Å². The molecule has 0 aliphatic heterocycles. The van der Waals surface area contributed by atoms with E-state index in [0.29, 0.717) is 17.4 Å². The number of sulfonamides is 1. The van der Waals surface area contributed by atoms with Gasteiger partial charge in [-0.1, -0.05) is 30.5 Å². The molecule has 2 N–H and O–H groups in total. The standard InChI is InChI=1S/C17H25NO4S/c1-13-2-8-16(9-3-13)23(21,22)18-11-10-14-4-6-15(7-5-14)12-17(19)20/h2-3,8-9,14-15,18H,4-7,10-12H2,1H3,(H,19,20). The van der Waals surface area contributed by atoms with Crippen LogP contribution >= 0.6 is 0 Å². The molecule has 128 valence electrons. The fourth-order valence-corrected chi connectivity index (χ4v) is 4.22. The molecular formula is C17H25NO4S. The Balaban J connectivity index is 1.75. The van der Waals surface area contributed by atoms with Crippen LogP contribution in [0, 0.1) is 18.8 Å². The van der Waals surface area contributed by atoms with E-state index >= 15 is 0 Å². The summed E-state index contributed by atoms with van der Waals surface area (Å²) in [6, 6.07) is 6.82. The van der Waals surface area contributed by atoms with Gasteiger partial charge in [0.15, 0.2) is 0 Å². The van der Waals surface area contributed by atoms with E-state index < -0.39 is 16.0 Å². The molecule has 0 saturated heterocycles. The van der Waals surface area contributed by atoms with Crippen LogP contribution < -0.4 is 4.72 Å². The van der Waals surface area contributed by atoms with Crippen LogP contribution in [0.1, 0.15) is 44.1 Å². The molecule has 2 rings (SSSR count). The van der Waals surface area contributed by atoms with Crippen LogP contribution in [0.4, 0.5) is 0 Å². The largest absolute Gasteiger partial charge is 0.481 e. The van der Waals surface area contributed by atoms with E-state index in [9.17, 15) is 13.2 Å². The molecule has 0 amide bonds. The Morgan fingerprint density at radius 3 is 2.26 bits per heavy atom. The summed E-state index contributed by atoms with van der Waals surface area (Å²) in [5.74, 6) is 0.0491. The van der Waals surface area contributed by atoms with Gasteiger partial charge in [0.1, 0.15) is 0 Å². The number of hydrogen-bond acceptors (Lipinski definition) is 3. The number of hydrogen-bond donors (Lipinski definition) is 2. The van der Waals surface area contributed by atoms with Crippen molar-refractivity contribution in [3.8, 4) is 0 Å². The molecule has 1 fully saturated rings. The summed E-state index contributed by atoms with van der Waals surface area (Å²) in [7, 11) is -3.43. The SMILES string of the molecule is Cc1ccc(S(=O)(=O)NCCC2CCC(CC(=O)O)CC2)cc1. The Bertz CT molecular complexity index is 616. The molecule has 0 heterocycles. The second-order valence-corrected chi connectivity index (χ2v) is 8.25. The molecule has 1 saturated carbocycles. The van der Waals surface area contributed by atoms with Gasteiger partial charge in [-0.2, -0.15) is 0 Å². The highest BCUT2D eigenvalue weighted by molar-refractivity contribution is 7.89. The molecule has 1 aromatic rings. The quantitative estimate of drug-likeness (QED) is 0.800. The van der Waals surface area contributed by atoms with Crippen molar-refractivity contribution >= 4 is 16.0 Å². The van der Waals surface area contributed by atoms with Crippen LogP contribution in [0.2, 0.25) is 0 Å². The summed E-state index contributed by atoms with van der Waals surface area (Å²) in [4.78, 5) is 11.0. The number of nitrogens with one attached hydrogen (secondary N) is 1. The molecule has 0 unspecified atom stereocenters. The van der Waals surface area contributed by atoms with E-state index in [2.05, 4.69) is 4.72 Å². The van der Waals surface area contributed by atoms with E-state index in [-0.39, 0.29) is 12.3 Å². The Morgan fingerprint density at radius 1 is 1.13 bits per heavy atom. The van der Waals surface area contributed by atoms with Gasteiger partial charge >= 0.3 is 5.97 Å². The van der Waals surface area contributed by atoms with Crippen molar-refractivity contribution < 1.29 is 18.3 Å². The molecule has 0 spiro atoms. The van der Waals surface area contributed by atoms with Crippen LogP contribution in [0.25, 0.3) is 0 Å². The molecule has 0 bridgehead atoms. The normalized spacial score (nSPS) is 22.0. The van der Waals surface area contributed by atoms with Crippen molar-refractivity contribution in [2.45, 2.75) is 50.3 Å². The Labute approximate surface area is 138 Å². The van der Waals surface area contributed by atoms with Crippen LogP contribution in [0.15, 0.2) is 29.2 Å². The Morgan fingerprint density at radius 2 is 1.70 bits per heavy atom. The summed E-state index contributed by atoms with van der Waals surface area (Å²) in [5.41, 5.74) is 1.03. The van der Waals surface area contributed by atoms with Crippen LogP contribution in [0.5, 0.6) is 0 Å². The first kappa shape index (κ1) is 17.9. The minimum atomic E-state index is -3.43. The number of aliphatic carboxylic acids is 1. The lowest BCUT2D eigenvalue weighted by Gasteiger charge is -2.27. The summed E-state index contributed by atoms with van der Waals surface area (Å²) in [6.45, 7) is 2.36. The monoisotopic (exact) mass is 339 g/mol. The highest BCUT2D eigenvalue weighted by Gasteiger charge is 2.23. The molecule has 0 aromatic heterocycles. The zero-order chi connectivity index (χ0) is 16.9. The van der Waals surface area contributed by atoms with Gasteiger partial charge in [-0.15, -0.1) is 0 Å². The molecule has 6 heteroatoms. The van der Waals surface area contributed by atoms with Crippen LogP contribution in [-0.4, -0.2) is 26.0 Å². The van der Waals surface area contributed by atoms with Crippen molar-refractivity contribution in [1.29, 1.82) is 0 Å². The number of rotatable bonds is 7. The van der Waals surface area contributed by atoms with E-state index in [1.54, 1.807) is 24.3 Å².